The van der Waals surface area contributed by atoms with Gasteiger partial charge in [-0.3, -0.25) is 0 Å². The smallest absolute Gasteiger partial charge is 0.201 e. The maximum Gasteiger partial charge on any atom is 0.215 e. The minimum atomic E-state index is -2.07. The summed E-state index contributed by atoms with van der Waals surface area (Å²) < 4.78 is 56.0. The van der Waals surface area contributed by atoms with Crippen molar-refractivity contribution in [3.8, 4) is 56.3 Å². The topological polar surface area (TPSA) is 19.4 Å². The quantitative estimate of drug-likeness (QED) is 0.153. The minimum Gasteiger partial charge on any atom is -0.201 e. The molecule has 0 unspecified atom stereocenters. The Labute approximate surface area is 522 Å². The standard InChI is InChI=1S/5C16H20N/c2*1-11-9-13(3)16(17(5)10-11)15-8-6-7-12(2)14(15)4;1-11-7-6-8-15(14(11)4)16-9-12(2)13(3)10-17(16)5;2*1-11-7-6-8-15(13(11)3)16-10-9-12(2)14(4)17(16)5/h5*6-10H,1-5H3/q5*+1/i1D3;;;2D3;. The van der Waals surface area contributed by atoms with Gasteiger partial charge in [-0.15, -0.1) is 0 Å². The second-order valence-corrected chi connectivity index (χ2v) is 23.7. The first-order valence-corrected chi connectivity index (χ1v) is 29.7. The van der Waals surface area contributed by atoms with Crippen LogP contribution in [0.5, 0.6) is 0 Å². The third kappa shape index (κ3) is 15.4. The van der Waals surface area contributed by atoms with Gasteiger partial charge in [0.1, 0.15) is 35.2 Å². The fourth-order valence-corrected chi connectivity index (χ4v) is 11.2. The van der Waals surface area contributed by atoms with Gasteiger partial charge in [-0.2, -0.15) is 9.13 Å². The molecule has 0 aliphatic carbocycles. The van der Waals surface area contributed by atoms with E-state index in [4.69, 9.17) is 8.22 Å². The average molecular weight is 1140 g/mol. The Kier molecular flexibility index (Phi) is 19.3. The number of rotatable bonds is 5. The Morgan fingerprint density at radius 1 is 0.259 bits per heavy atom. The summed E-state index contributed by atoms with van der Waals surface area (Å²) in [5, 5.41) is 0. The summed E-state index contributed by atoms with van der Waals surface area (Å²) in [5.74, 6) is 0. The van der Waals surface area contributed by atoms with Crippen LogP contribution in [-0.4, -0.2) is 0 Å². The van der Waals surface area contributed by atoms with Crippen molar-refractivity contribution in [2.75, 3.05) is 0 Å². The van der Waals surface area contributed by atoms with Gasteiger partial charge >= 0.3 is 0 Å². The van der Waals surface area contributed by atoms with E-state index in [2.05, 4.69) is 261 Å². The first-order valence-electron chi connectivity index (χ1n) is 32.7. The Hall–Kier alpha value is -8.15. The van der Waals surface area contributed by atoms with E-state index < -0.39 is 13.7 Å². The van der Waals surface area contributed by atoms with Gasteiger partial charge < -0.3 is 0 Å². The van der Waals surface area contributed by atoms with E-state index in [1.165, 1.54) is 123 Å². The molecule has 5 aromatic heterocycles. The molecular weight excluding hydrogens is 1030 g/mol. The number of hydrogen-bond donors (Lipinski definition) is 0. The molecule has 10 rings (SSSR count). The lowest BCUT2D eigenvalue weighted by atomic mass is 9.97. The monoisotopic (exact) mass is 1140 g/mol. The van der Waals surface area contributed by atoms with Gasteiger partial charge in [-0.1, -0.05) is 60.7 Å². The fraction of sp³-hybridized carbons (Fsp3) is 0.312. The average Bonchev–Trinajstić information content (AvgIpc) is 0.926. The highest BCUT2D eigenvalue weighted by Crippen LogP contribution is 2.29. The van der Waals surface area contributed by atoms with Gasteiger partial charge in [-0.25, -0.2) is 13.7 Å². The molecule has 5 aromatic carbocycles. The Morgan fingerprint density at radius 3 is 0.988 bits per heavy atom. The number of nitrogens with zero attached hydrogens (tertiary/aromatic N) is 5. The highest BCUT2D eigenvalue weighted by atomic mass is 15.0. The molecule has 0 aliphatic heterocycles. The summed E-state index contributed by atoms with van der Waals surface area (Å²) in [6.45, 7) is 34.1. The van der Waals surface area contributed by atoms with Crippen molar-refractivity contribution in [2.45, 2.75) is 138 Å². The number of pyridine rings is 5. The van der Waals surface area contributed by atoms with Crippen molar-refractivity contribution < 1.29 is 31.1 Å². The van der Waals surface area contributed by atoms with Crippen LogP contribution < -0.4 is 22.8 Å². The number of benzene rings is 5. The zero-order valence-corrected chi connectivity index (χ0v) is 55.7. The molecule has 440 valence electrons. The summed E-state index contributed by atoms with van der Waals surface area (Å²) in [6, 6.07) is 46.2. The molecule has 0 saturated carbocycles. The number of aromatic nitrogens is 5. The lowest BCUT2D eigenvalue weighted by Crippen LogP contribution is -2.35. The van der Waals surface area contributed by atoms with Gasteiger partial charge in [0.05, 0.1) is 0 Å². The molecule has 0 amide bonds. The molecule has 0 bridgehead atoms. The predicted molar refractivity (Wildman–Crippen MR) is 360 cm³/mol. The first-order chi connectivity index (χ1) is 42.5. The summed E-state index contributed by atoms with van der Waals surface area (Å²) in [6.07, 6.45) is 6.09. The third-order valence-corrected chi connectivity index (χ3v) is 17.7. The van der Waals surface area contributed by atoms with Crippen LogP contribution in [0.2, 0.25) is 0 Å². The maximum absolute atomic E-state index is 7.58. The van der Waals surface area contributed by atoms with Crippen LogP contribution in [-0.2, 0) is 35.2 Å². The molecule has 85 heavy (non-hydrogen) atoms. The summed E-state index contributed by atoms with van der Waals surface area (Å²) in [5.41, 5.74) is 35.9. The van der Waals surface area contributed by atoms with Crippen LogP contribution in [0.3, 0.4) is 0 Å². The lowest BCUT2D eigenvalue weighted by Gasteiger charge is -2.09. The molecular formula is C80H100N5+5. The van der Waals surface area contributed by atoms with Crippen molar-refractivity contribution in [1.82, 2.24) is 0 Å². The molecule has 0 N–H and O–H groups in total. The molecule has 5 heteroatoms. The van der Waals surface area contributed by atoms with Crippen molar-refractivity contribution >= 4 is 0 Å². The van der Waals surface area contributed by atoms with Gasteiger partial charge in [0.2, 0.25) is 28.5 Å². The highest BCUT2D eigenvalue weighted by molar-refractivity contribution is 5.68. The Morgan fingerprint density at radius 2 is 0.600 bits per heavy atom. The summed E-state index contributed by atoms with van der Waals surface area (Å²) in [4.78, 5) is 0. The second-order valence-electron chi connectivity index (χ2n) is 23.7. The zero-order valence-electron chi connectivity index (χ0n) is 61.7. The van der Waals surface area contributed by atoms with Crippen LogP contribution >= 0.6 is 0 Å². The largest absolute Gasteiger partial charge is 0.215 e. The van der Waals surface area contributed by atoms with Gasteiger partial charge in [0.25, 0.3) is 0 Å². The van der Waals surface area contributed by atoms with Gasteiger partial charge in [0.15, 0.2) is 30.0 Å². The van der Waals surface area contributed by atoms with Crippen molar-refractivity contribution in [3.05, 3.63) is 264 Å². The van der Waals surface area contributed by atoms with Crippen LogP contribution in [0.4, 0.5) is 0 Å². The second kappa shape index (κ2) is 28.6. The van der Waals surface area contributed by atoms with Crippen molar-refractivity contribution in [1.29, 1.82) is 0 Å². The van der Waals surface area contributed by atoms with Crippen molar-refractivity contribution in [2.24, 2.45) is 35.2 Å². The number of aryl methyl sites for hydroxylation is 16. The molecule has 5 heterocycles. The predicted octanol–water partition coefficient (Wildman–Crippen LogP) is 17.1. The Bertz CT molecular complexity index is 4200. The van der Waals surface area contributed by atoms with Crippen LogP contribution in [0.25, 0.3) is 56.3 Å². The van der Waals surface area contributed by atoms with Gasteiger partial charge in [0, 0.05) is 107 Å². The molecule has 0 atom stereocenters. The molecule has 5 nitrogen and oxygen atoms in total. The zero-order chi connectivity index (χ0) is 67.9. The number of hydrogen-bond acceptors (Lipinski definition) is 0. The fourth-order valence-electron chi connectivity index (χ4n) is 11.2. The van der Waals surface area contributed by atoms with Crippen LogP contribution in [0, 0.1) is 138 Å². The van der Waals surface area contributed by atoms with E-state index in [-0.39, 0.29) is 0 Å². The van der Waals surface area contributed by atoms with E-state index in [1.807, 2.05) is 55.3 Å². The maximum atomic E-state index is 7.58. The SMILES string of the molecule is Cc1cc(-c2cccc(C)c2C)[n+](C)cc1C.Cc1cc(C)c(-c2cccc(C)c2C)[n+](C)c1.Cc1cccc(-c2ccc(C)c(C)[n+]2C)c1C.[2H]C([2H])([2H])c1cc(C)c(-c2cccc(C)c2C)[n+](C)c1.[2H]C([2H])([2H])c1ccc(-c2cccc(C)c2C)[n+](C)c1C. The summed E-state index contributed by atoms with van der Waals surface area (Å²) >= 11 is 0. The van der Waals surface area contributed by atoms with Crippen LogP contribution in [0.15, 0.2) is 152 Å². The van der Waals surface area contributed by atoms with Crippen LogP contribution in [0.1, 0.15) is 120 Å². The molecule has 10 aromatic rings. The van der Waals surface area contributed by atoms with Gasteiger partial charge in [-0.05, 0) is 240 Å². The molecule has 0 saturated heterocycles. The summed E-state index contributed by atoms with van der Waals surface area (Å²) in [7, 11) is 10.2. The molecule has 0 aliphatic rings. The molecule has 0 fully saturated rings. The molecule has 0 radical (unpaired) electrons. The first kappa shape index (κ1) is 57.3. The molecule has 0 spiro atoms. The van der Waals surface area contributed by atoms with E-state index in [1.54, 1.807) is 18.3 Å². The van der Waals surface area contributed by atoms with E-state index in [0.29, 0.717) is 11.1 Å². The van der Waals surface area contributed by atoms with E-state index in [9.17, 15) is 0 Å². The lowest BCUT2D eigenvalue weighted by molar-refractivity contribution is -0.667. The van der Waals surface area contributed by atoms with E-state index in [0.717, 1.165) is 33.8 Å². The normalized spacial score (nSPS) is 12.0. The van der Waals surface area contributed by atoms with E-state index >= 15 is 0 Å². The minimum absolute atomic E-state index is 0.381. The third-order valence-electron chi connectivity index (χ3n) is 17.7. The Balaban J connectivity index is 0.000000181. The van der Waals surface area contributed by atoms with Crippen molar-refractivity contribution in [3.63, 3.8) is 0 Å². The highest BCUT2D eigenvalue weighted by Gasteiger charge is 2.21.